The van der Waals surface area contributed by atoms with Crippen LogP contribution in [0.1, 0.15) is 24.7 Å². The van der Waals surface area contributed by atoms with Crippen LogP contribution in [0.25, 0.3) is 11.0 Å². The summed E-state index contributed by atoms with van der Waals surface area (Å²) in [6.45, 7) is 1.01. The van der Waals surface area contributed by atoms with E-state index in [0.717, 1.165) is 42.0 Å². The second-order valence-corrected chi connectivity index (χ2v) is 4.23. The summed E-state index contributed by atoms with van der Waals surface area (Å²) in [6.07, 6.45) is 2.15. The topological polar surface area (TPSA) is 53.1 Å². The Morgan fingerprint density at radius 2 is 2.38 bits per heavy atom. The van der Waals surface area contributed by atoms with Crippen LogP contribution in [-0.2, 0) is 6.54 Å². The Hall–Kier alpha value is -1.55. The summed E-state index contributed by atoms with van der Waals surface area (Å²) in [5.74, 6) is 1.88. The quantitative estimate of drug-likeness (QED) is 0.793. The number of aromatic nitrogens is 2. The van der Waals surface area contributed by atoms with E-state index in [1.54, 1.807) is 7.11 Å². The van der Waals surface area contributed by atoms with Gasteiger partial charge in [0.05, 0.1) is 24.2 Å². The molecule has 0 amide bonds. The zero-order valence-electron chi connectivity index (χ0n) is 9.31. The van der Waals surface area contributed by atoms with Gasteiger partial charge in [0.15, 0.2) is 0 Å². The van der Waals surface area contributed by atoms with E-state index in [4.69, 9.17) is 10.5 Å². The molecule has 0 saturated heterocycles. The van der Waals surface area contributed by atoms with Crippen molar-refractivity contribution in [3.63, 3.8) is 0 Å². The van der Waals surface area contributed by atoms with Crippen LogP contribution in [0.3, 0.4) is 0 Å². The largest absolute Gasteiger partial charge is 0.497 e. The molecule has 0 aliphatic carbocycles. The van der Waals surface area contributed by atoms with E-state index >= 15 is 0 Å². The first-order valence-electron chi connectivity index (χ1n) is 5.59. The van der Waals surface area contributed by atoms with E-state index in [1.807, 2.05) is 18.2 Å². The molecule has 1 aliphatic heterocycles. The number of hydrogen-bond acceptors (Lipinski definition) is 3. The Balaban J connectivity index is 2.25. The minimum atomic E-state index is 0.0761. The van der Waals surface area contributed by atoms with E-state index in [-0.39, 0.29) is 6.04 Å². The lowest BCUT2D eigenvalue weighted by atomic mass is 10.1. The van der Waals surface area contributed by atoms with Crippen molar-refractivity contribution < 1.29 is 4.74 Å². The lowest BCUT2D eigenvalue weighted by Crippen LogP contribution is -2.21. The zero-order chi connectivity index (χ0) is 11.1. The smallest absolute Gasteiger partial charge is 0.126 e. The molecule has 84 valence electrons. The standard InChI is InChI=1S/C12H15N3O/c1-16-8-4-5-10-11(7-8)15-6-2-3-9(13)12(15)14-10/h4-5,7,9H,2-3,6,13H2,1H3. The lowest BCUT2D eigenvalue weighted by molar-refractivity contribution is 0.414. The fourth-order valence-corrected chi connectivity index (χ4v) is 2.36. The molecule has 4 nitrogen and oxygen atoms in total. The van der Waals surface area contributed by atoms with Gasteiger partial charge in [-0.1, -0.05) is 0 Å². The third-order valence-corrected chi connectivity index (χ3v) is 3.21. The molecule has 4 heteroatoms. The number of rotatable bonds is 1. The molecule has 0 radical (unpaired) electrons. The maximum Gasteiger partial charge on any atom is 0.126 e. The Bertz CT molecular complexity index is 532. The average Bonchev–Trinajstić information content (AvgIpc) is 2.68. The van der Waals surface area contributed by atoms with Gasteiger partial charge in [-0.05, 0) is 25.0 Å². The predicted molar refractivity (Wildman–Crippen MR) is 62.4 cm³/mol. The van der Waals surface area contributed by atoms with Gasteiger partial charge in [0, 0.05) is 12.6 Å². The molecule has 0 bridgehead atoms. The number of aryl methyl sites for hydroxylation is 1. The number of benzene rings is 1. The molecule has 1 aromatic carbocycles. The zero-order valence-corrected chi connectivity index (χ0v) is 9.31. The number of hydrogen-bond donors (Lipinski definition) is 1. The van der Waals surface area contributed by atoms with Gasteiger partial charge in [-0.2, -0.15) is 0 Å². The number of nitrogens with zero attached hydrogens (tertiary/aromatic N) is 2. The molecule has 0 saturated carbocycles. The van der Waals surface area contributed by atoms with Crippen LogP contribution in [0.5, 0.6) is 5.75 Å². The molecule has 16 heavy (non-hydrogen) atoms. The molecular formula is C12H15N3O. The number of methoxy groups -OCH3 is 1. The van der Waals surface area contributed by atoms with Crippen molar-refractivity contribution in [3.8, 4) is 5.75 Å². The van der Waals surface area contributed by atoms with Crippen LogP contribution in [0, 0.1) is 0 Å². The summed E-state index contributed by atoms with van der Waals surface area (Å²) in [5.41, 5.74) is 8.20. The highest BCUT2D eigenvalue weighted by atomic mass is 16.5. The third-order valence-electron chi connectivity index (χ3n) is 3.21. The van der Waals surface area contributed by atoms with Gasteiger partial charge in [-0.25, -0.2) is 4.98 Å². The minimum absolute atomic E-state index is 0.0761. The summed E-state index contributed by atoms with van der Waals surface area (Å²) in [6, 6.07) is 6.04. The molecule has 1 atom stereocenters. The summed E-state index contributed by atoms with van der Waals surface area (Å²) in [4.78, 5) is 4.59. The van der Waals surface area contributed by atoms with Crippen molar-refractivity contribution in [1.82, 2.24) is 9.55 Å². The molecule has 1 unspecified atom stereocenters. The van der Waals surface area contributed by atoms with Crippen LogP contribution in [0.2, 0.25) is 0 Å². The maximum atomic E-state index is 6.07. The van der Waals surface area contributed by atoms with Gasteiger partial charge >= 0.3 is 0 Å². The number of nitrogens with two attached hydrogens (primary N) is 1. The van der Waals surface area contributed by atoms with E-state index in [0.29, 0.717) is 0 Å². The van der Waals surface area contributed by atoms with Crippen molar-refractivity contribution in [2.75, 3.05) is 7.11 Å². The molecule has 2 heterocycles. The number of fused-ring (bicyclic) bond motifs is 3. The molecule has 0 fully saturated rings. The first kappa shape index (κ1) is 9.66. The Kier molecular flexibility index (Phi) is 2.11. The summed E-state index contributed by atoms with van der Waals surface area (Å²) >= 11 is 0. The van der Waals surface area contributed by atoms with E-state index in [1.165, 1.54) is 0 Å². The second-order valence-electron chi connectivity index (χ2n) is 4.23. The van der Waals surface area contributed by atoms with Crippen molar-refractivity contribution in [2.45, 2.75) is 25.4 Å². The highest BCUT2D eigenvalue weighted by Gasteiger charge is 2.21. The van der Waals surface area contributed by atoms with Gasteiger partial charge in [0.2, 0.25) is 0 Å². The molecule has 1 aromatic heterocycles. The monoisotopic (exact) mass is 217 g/mol. The van der Waals surface area contributed by atoms with Gasteiger partial charge in [-0.15, -0.1) is 0 Å². The Labute approximate surface area is 94.0 Å². The van der Waals surface area contributed by atoms with Crippen LogP contribution in [0.4, 0.5) is 0 Å². The van der Waals surface area contributed by atoms with Gasteiger partial charge in [0.1, 0.15) is 11.6 Å². The molecule has 2 N–H and O–H groups in total. The molecule has 1 aliphatic rings. The van der Waals surface area contributed by atoms with Crippen molar-refractivity contribution in [3.05, 3.63) is 24.0 Å². The SMILES string of the molecule is COc1ccc2nc3n(c2c1)CCCC3N. The van der Waals surface area contributed by atoms with Crippen LogP contribution in [0.15, 0.2) is 18.2 Å². The van der Waals surface area contributed by atoms with Crippen LogP contribution < -0.4 is 10.5 Å². The highest BCUT2D eigenvalue weighted by Crippen LogP contribution is 2.29. The number of ether oxygens (including phenoxy) is 1. The summed E-state index contributed by atoms with van der Waals surface area (Å²) in [7, 11) is 1.68. The molecule has 3 rings (SSSR count). The van der Waals surface area contributed by atoms with Crippen molar-refractivity contribution in [2.24, 2.45) is 5.73 Å². The Morgan fingerprint density at radius 3 is 3.19 bits per heavy atom. The van der Waals surface area contributed by atoms with Crippen molar-refractivity contribution in [1.29, 1.82) is 0 Å². The fraction of sp³-hybridized carbons (Fsp3) is 0.417. The van der Waals surface area contributed by atoms with Crippen LogP contribution >= 0.6 is 0 Å². The lowest BCUT2D eigenvalue weighted by Gasteiger charge is -2.20. The van der Waals surface area contributed by atoms with Gasteiger partial charge < -0.3 is 15.0 Å². The summed E-state index contributed by atoms with van der Waals surface area (Å²) in [5, 5.41) is 0. The first-order valence-corrected chi connectivity index (χ1v) is 5.59. The minimum Gasteiger partial charge on any atom is -0.497 e. The second kappa shape index (κ2) is 3.49. The van der Waals surface area contributed by atoms with E-state index in [2.05, 4.69) is 9.55 Å². The Morgan fingerprint density at radius 1 is 1.50 bits per heavy atom. The van der Waals surface area contributed by atoms with E-state index in [9.17, 15) is 0 Å². The van der Waals surface area contributed by atoms with Crippen LogP contribution in [-0.4, -0.2) is 16.7 Å². The van der Waals surface area contributed by atoms with Gasteiger partial charge in [0.25, 0.3) is 0 Å². The average molecular weight is 217 g/mol. The normalized spacial score (nSPS) is 19.8. The fourth-order valence-electron chi connectivity index (χ4n) is 2.36. The van der Waals surface area contributed by atoms with Crippen molar-refractivity contribution >= 4 is 11.0 Å². The molecular weight excluding hydrogens is 202 g/mol. The first-order chi connectivity index (χ1) is 7.79. The molecule has 2 aromatic rings. The third kappa shape index (κ3) is 1.30. The molecule has 0 spiro atoms. The summed E-state index contributed by atoms with van der Waals surface area (Å²) < 4.78 is 7.45. The predicted octanol–water partition coefficient (Wildman–Crippen LogP) is 1.84. The highest BCUT2D eigenvalue weighted by molar-refractivity contribution is 5.78. The van der Waals surface area contributed by atoms with E-state index < -0.39 is 0 Å². The number of imidazole rings is 1. The maximum absolute atomic E-state index is 6.07. The van der Waals surface area contributed by atoms with Gasteiger partial charge in [-0.3, -0.25) is 0 Å².